The summed E-state index contributed by atoms with van der Waals surface area (Å²) in [6.45, 7) is 3.41. The summed E-state index contributed by atoms with van der Waals surface area (Å²) >= 11 is 6.05. The van der Waals surface area contributed by atoms with E-state index in [0.717, 1.165) is 30.0 Å². The van der Waals surface area contributed by atoms with Gasteiger partial charge >= 0.3 is 0 Å². The Kier molecular flexibility index (Phi) is 5.30. The van der Waals surface area contributed by atoms with Crippen LogP contribution in [0.4, 0.5) is 0 Å². The molecule has 1 unspecified atom stereocenters. The van der Waals surface area contributed by atoms with Gasteiger partial charge in [0.1, 0.15) is 0 Å². The summed E-state index contributed by atoms with van der Waals surface area (Å²) in [5, 5.41) is 8.46. The van der Waals surface area contributed by atoms with Gasteiger partial charge in [-0.05, 0) is 30.2 Å². The minimum atomic E-state index is -0.000311. The van der Waals surface area contributed by atoms with Crippen molar-refractivity contribution in [2.24, 2.45) is 5.73 Å². The number of aromatic nitrogens is 2. The molecule has 4 nitrogen and oxygen atoms in total. The fourth-order valence-corrected chi connectivity index (χ4v) is 2.66. The largest absolute Gasteiger partial charge is 0.323 e. The molecule has 1 aromatic heterocycles. The highest BCUT2D eigenvalue weighted by atomic mass is 35.5. The lowest BCUT2D eigenvalue weighted by molar-refractivity contribution is 0.598. The minimum absolute atomic E-state index is 0.000311. The molecule has 0 saturated carbocycles. The zero-order valence-corrected chi connectivity index (χ0v) is 14.4. The van der Waals surface area contributed by atoms with Crippen molar-refractivity contribution >= 4 is 11.6 Å². The fraction of sp³-hybridized carbons (Fsp3) is 0.211. The number of aryl methyl sites for hydroxylation is 1. The maximum Gasteiger partial charge on any atom is 0.0819 e. The van der Waals surface area contributed by atoms with Crippen LogP contribution >= 0.6 is 11.6 Å². The standard InChI is InChI=1S/C19H21ClN4/c1-14-18(20)13-24(23-14)17-9-7-15(8-10-17)11-22-12-19(21)16-5-3-2-4-6-16/h2-10,13,19,22H,11-12,21H2,1H3. The number of nitrogens with zero attached hydrogens (tertiary/aromatic N) is 2. The van der Waals surface area contributed by atoms with Crippen molar-refractivity contribution in [2.45, 2.75) is 19.5 Å². The summed E-state index contributed by atoms with van der Waals surface area (Å²) in [5.41, 5.74) is 10.4. The van der Waals surface area contributed by atoms with Gasteiger partial charge < -0.3 is 11.1 Å². The van der Waals surface area contributed by atoms with Gasteiger partial charge in [-0.25, -0.2) is 4.68 Å². The summed E-state index contributed by atoms with van der Waals surface area (Å²) in [6.07, 6.45) is 1.82. The van der Waals surface area contributed by atoms with Gasteiger partial charge in [0.2, 0.25) is 0 Å². The Morgan fingerprint density at radius 2 is 1.83 bits per heavy atom. The Balaban J connectivity index is 1.55. The highest BCUT2D eigenvalue weighted by Gasteiger charge is 2.06. The highest BCUT2D eigenvalue weighted by molar-refractivity contribution is 6.31. The second-order valence-corrected chi connectivity index (χ2v) is 6.23. The van der Waals surface area contributed by atoms with Gasteiger partial charge in [-0.15, -0.1) is 0 Å². The molecule has 1 heterocycles. The number of halogens is 1. The summed E-state index contributed by atoms with van der Waals surface area (Å²) in [7, 11) is 0. The molecule has 0 fully saturated rings. The Hall–Kier alpha value is -2.14. The van der Waals surface area contributed by atoms with E-state index >= 15 is 0 Å². The van der Waals surface area contributed by atoms with Gasteiger partial charge in [0.15, 0.2) is 0 Å². The Labute approximate surface area is 147 Å². The van der Waals surface area contributed by atoms with E-state index in [9.17, 15) is 0 Å². The van der Waals surface area contributed by atoms with Crippen molar-refractivity contribution in [1.82, 2.24) is 15.1 Å². The molecule has 5 heteroatoms. The smallest absolute Gasteiger partial charge is 0.0819 e. The molecular weight excluding hydrogens is 320 g/mol. The van der Waals surface area contributed by atoms with Gasteiger partial charge in [0, 0.05) is 25.3 Å². The van der Waals surface area contributed by atoms with Crippen molar-refractivity contribution in [3.63, 3.8) is 0 Å². The van der Waals surface area contributed by atoms with Crippen LogP contribution in [0.3, 0.4) is 0 Å². The van der Waals surface area contributed by atoms with Crippen LogP contribution in [0.25, 0.3) is 5.69 Å². The lowest BCUT2D eigenvalue weighted by Crippen LogP contribution is -2.26. The molecular formula is C19H21ClN4. The third-order valence-corrected chi connectivity index (χ3v) is 4.33. The normalized spacial score (nSPS) is 12.3. The Morgan fingerprint density at radius 3 is 2.46 bits per heavy atom. The van der Waals surface area contributed by atoms with Crippen molar-refractivity contribution in [3.8, 4) is 5.69 Å². The minimum Gasteiger partial charge on any atom is -0.323 e. The van der Waals surface area contributed by atoms with Crippen LogP contribution < -0.4 is 11.1 Å². The van der Waals surface area contributed by atoms with Gasteiger partial charge in [-0.2, -0.15) is 5.10 Å². The van der Waals surface area contributed by atoms with Crippen LogP contribution in [0, 0.1) is 6.92 Å². The first-order chi connectivity index (χ1) is 11.6. The van der Waals surface area contributed by atoms with Gasteiger partial charge in [-0.1, -0.05) is 54.1 Å². The first kappa shape index (κ1) is 16.7. The van der Waals surface area contributed by atoms with Gasteiger partial charge in [0.25, 0.3) is 0 Å². The van der Waals surface area contributed by atoms with E-state index in [4.69, 9.17) is 17.3 Å². The average molecular weight is 341 g/mol. The predicted octanol–water partition coefficient (Wildman–Crippen LogP) is 3.62. The molecule has 0 radical (unpaired) electrons. The molecule has 0 saturated heterocycles. The Bertz CT molecular complexity index is 761. The number of hydrogen-bond donors (Lipinski definition) is 2. The van der Waals surface area contributed by atoms with E-state index in [1.807, 2.05) is 43.5 Å². The molecule has 24 heavy (non-hydrogen) atoms. The molecule has 0 aliphatic rings. The first-order valence-corrected chi connectivity index (χ1v) is 8.33. The van der Waals surface area contributed by atoms with Crippen LogP contribution in [-0.2, 0) is 6.54 Å². The maximum atomic E-state index is 6.19. The van der Waals surface area contributed by atoms with Crippen LogP contribution in [0.2, 0.25) is 5.02 Å². The molecule has 124 valence electrons. The topological polar surface area (TPSA) is 55.9 Å². The molecule has 3 N–H and O–H groups in total. The summed E-state index contributed by atoms with van der Waals surface area (Å²) in [5.74, 6) is 0. The van der Waals surface area contributed by atoms with Crippen LogP contribution in [0.15, 0.2) is 60.8 Å². The average Bonchev–Trinajstić information content (AvgIpc) is 2.95. The predicted molar refractivity (Wildman–Crippen MR) is 98.4 cm³/mol. The summed E-state index contributed by atoms with van der Waals surface area (Å²) < 4.78 is 1.79. The van der Waals surface area contributed by atoms with Crippen molar-refractivity contribution < 1.29 is 0 Å². The summed E-state index contributed by atoms with van der Waals surface area (Å²) in [4.78, 5) is 0. The van der Waals surface area contributed by atoms with E-state index in [-0.39, 0.29) is 6.04 Å². The maximum absolute atomic E-state index is 6.19. The highest BCUT2D eigenvalue weighted by Crippen LogP contribution is 2.17. The van der Waals surface area contributed by atoms with Gasteiger partial charge in [0.05, 0.1) is 16.4 Å². The van der Waals surface area contributed by atoms with Gasteiger partial charge in [-0.3, -0.25) is 0 Å². The SMILES string of the molecule is Cc1nn(-c2ccc(CNCC(N)c3ccccc3)cc2)cc1Cl. The lowest BCUT2D eigenvalue weighted by atomic mass is 10.1. The van der Waals surface area contributed by atoms with E-state index in [2.05, 4.69) is 34.7 Å². The number of rotatable bonds is 6. The third-order valence-electron chi connectivity index (χ3n) is 3.96. The number of nitrogens with one attached hydrogen (secondary N) is 1. The second-order valence-electron chi connectivity index (χ2n) is 5.82. The van der Waals surface area contributed by atoms with E-state index in [1.165, 1.54) is 5.56 Å². The molecule has 2 aromatic carbocycles. The second kappa shape index (κ2) is 7.62. The summed E-state index contributed by atoms with van der Waals surface area (Å²) in [6, 6.07) is 18.4. The number of benzene rings is 2. The molecule has 0 aliphatic heterocycles. The van der Waals surface area contributed by atoms with E-state index in [1.54, 1.807) is 4.68 Å². The molecule has 0 aliphatic carbocycles. The third kappa shape index (κ3) is 4.03. The Morgan fingerprint density at radius 1 is 1.12 bits per heavy atom. The quantitative estimate of drug-likeness (QED) is 0.720. The first-order valence-electron chi connectivity index (χ1n) is 7.96. The molecule has 0 spiro atoms. The van der Waals surface area contributed by atoms with Crippen molar-refractivity contribution in [1.29, 1.82) is 0 Å². The number of nitrogens with two attached hydrogens (primary N) is 1. The zero-order valence-electron chi connectivity index (χ0n) is 13.6. The molecule has 3 rings (SSSR count). The van der Waals surface area contributed by atoms with E-state index < -0.39 is 0 Å². The molecule has 1 atom stereocenters. The molecule has 0 bridgehead atoms. The fourth-order valence-electron chi connectivity index (χ4n) is 2.53. The zero-order chi connectivity index (χ0) is 16.9. The van der Waals surface area contributed by atoms with Crippen LogP contribution in [0.1, 0.15) is 22.9 Å². The van der Waals surface area contributed by atoms with Crippen LogP contribution in [-0.4, -0.2) is 16.3 Å². The van der Waals surface area contributed by atoms with Crippen molar-refractivity contribution in [2.75, 3.05) is 6.54 Å². The lowest BCUT2D eigenvalue weighted by Gasteiger charge is -2.13. The van der Waals surface area contributed by atoms with Crippen LogP contribution in [0.5, 0.6) is 0 Å². The molecule has 0 amide bonds. The van der Waals surface area contributed by atoms with E-state index in [0.29, 0.717) is 5.02 Å². The molecule has 3 aromatic rings. The van der Waals surface area contributed by atoms with Crippen molar-refractivity contribution in [3.05, 3.63) is 82.6 Å². The number of hydrogen-bond acceptors (Lipinski definition) is 3. The monoisotopic (exact) mass is 340 g/mol.